The summed E-state index contributed by atoms with van der Waals surface area (Å²) < 4.78 is 1.04. The molecule has 0 unspecified atom stereocenters. The molecule has 1 aliphatic carbocycles. The molecule has 0 amide bonds. The SMILES string of the molecule is NC1=NC=N[C@@H]2C(Br)=CC=C12. The third-order valence-electron chi connectivity index (χ3n) is 1.69. The Balaban J connectivity index is 2.42. The van der Waals surface area contributed by atoms with Gasteiger partial charge in [-0.1, -0.05) is 22.0 Å². The highest BCUT2D eigenvalue weighted by Crippen LogP contribution is 2.28. The molecule has 3 nitrogen and oxygen atoms in total. The van der Waals surface area contributed by atoms with E-state index in [1.807, 2.05) is 12.2 Å². The summed E-state index contributed by atoms with van der Waals surface area (Å²) in [5.74, 6) is 0.565. The van der Waals surface area contributed by atoms with Crippen LogP contribution in [-0.4, -0.2) is 18.2 Å². The predicted octanol–water partition coefficient (Wildman–Crippen LogP) is 0.973. The average molecular weight is 212 g/mol. The van der Waals surface area contributed by atoms with Crippen LogP contribution in [0.1, 0.15) is 0 Å². The summed E-state index contributed by atoms with van der Waals surface area (Å²) in [6.45, 7) is 0. The van der Waals surface area contributed by atoms with Crippen LogP contribution in [-0.2, 0) is 0 Å². The summed E-state index contributed by atoms with van der Waals surface area (Å²) in [5, 5.41) is 0. The molecule has 1 heterocycles. The smallest absolute Gasteiger partial charge is 0.130 e. The second kappa shape index (κ2) is 2.30. The Hall–Kier alpha value is -0.900. The first-order valence-electron chi connectivity index (χ1n) is 3.21. The molecular formula is C7H6BrN3. The fourth-order valence-electron chi connectivity index (χ4n) is 1.11. The second-order valence-electron chi connectivity index (χ2n) is 2.35. The summed E-state index contributed by atoms with van der Waals surface area (Å²) in [6, 6.07) is 0.0625. The van der Waals surface area contributed by atoms with Crippen molar-refractivity contribution >= 4 is 28.1 Å². The van der Waals surface area contributed by atoms with Gasteiger partial charge in [-0.15, -0.1) is 0 Å². The highest BCUT2D eigenvalue weighted by Gasteiger charge is 2.24. The number of aliphatic imine (C=N–C) groups is 2. The van der Waals surface area contributed by atoms with E-state index >= 15 is 0 Å². The minimum absolute atomic E-state index is 0.0625. The molecule has 1 aliphatic heterocycles. The standard InChI is InChI=1S/C7H6BrN3/c8-5-2-1-4-6(5)10-3-11-7(4)9/h1-3,6H,(H2,9,10,11)/t6-/m0/s1. The van der Waals surface area contributed by atoms with Gasteiger partial charge in [0.15, 0.2) is 0 Å². The van der Waals surface area contributed by atoms with E-state index in [4.69, 9.17) is 5.73 Å². The predicted molar refractivity (Wildman–Crippen MR) is 49.0 cm³/mol. The van der Waals surface area contributed by atoms with Crippen molar-refractivity contribution < 1.29 is 0 Å². The molecule has 2 aliphatic rings. The highest BCUT2D eigenvalue weighted by molar-refractivity contribution is 9.11. The van der Waals surface area contributed by atoms with E-state index in [1.54, 1.807) is 0 Å². The van der Waals surface area contributed by atoms with Crippen molar-refractivity contribution in [3.05, 3.63) is 22.2 Å². The van der Waals surface area contributed by atoms with Gasteiger partial charge in [-0.3, -0.25) is 4.99 Å². The zero-order valence-corrected chi connectivity index (χ0v) is 7.25. The van der Waals surface area contributed by atoms with Crippen LogP contribution in [0.25, 0.3) is 0 Å². The number of rotatable bonds is 0. The van der Waals surface area contributed by atoms with Crippen LogP contribution in [0.15, 0.2) is 32.2 Å². The normalized spacial score (nSPS) is 27.4. The molecule has 0 aromatic carbocycles. The number of nitrogens with zero attached hydrogens (tertiary/aromatic N) is 2. The Kier molecular flexibility index (Phi) is 1.42. The molecule has 2 rings (SSSR count). The Morgan fingerprint density at radius 3 is 3.00 bits per heavy atom. The van der Waals surface area contributed by atoms with Gasteiger partial charge in [0.2, 0.25) is 0 Å². The summed E-state index contributed by atoms with van der Waals surface area (Å²) >= 11 is 3.39. The summed E-state index contributed by atoms with van der Waals surface area (Å²) in [6.07, 6.45) is 5.38. The first-order chi connectivity index (χ1) is 5.29. The molecule has 4 heteroatoms. The molecule has 56 valence electrons. The topological polar surface area (TPSA) is 50.7 Å². The van der Waals surface area contributed by atoms with Crippen molar-refractivity contribution in [3.63, 3.8) is 0 Å². The third-order valence-corrected chi connectivity index (χ3v) is 2.38. The largest absolute Gasteiger partial charge is 0.383 e. The van der Waals surface area contributed by atoms with Gasteiger partial charge in [-0.2, -0.15) is 0 Å². The van der Waals surface area contributed by atoms with Crippen LogP contribution >= 0.6 is 15.9 Å². The van der Waals surface area contributed by atoms with E-state index in [1.165, 1.54) is 6.34 Å². The molecule has 0 saturated heterocycles. The average Bonchev–Trinajstić information content (AvgIpc) is 2.35. The van der Waals surface area contributed by atoms with E-state index in [9.17, 15) is 0 Å². The number of fused-ring (bicyclic) bond motifs is 1. The van der Waals surface area contributed by atoms with Gasteiger partial charge in [-0.25, -0.2) is 4.99 Å². The van der Waals surface area contributed by atoms with Crippen molar-refractivity contribution in [2.45, 2.75) is 6.04 Å². The molecule has 0 spiro atoms. The van der Waals surface area contributed by atoms with Gasteiger partial charge in [0.25, 0.3) is 0 Å². The van der Waals surface area contributed by atoms with Crippen LogP contribution in [0.2, 0.25) is 0 Å². The van der Waals surface area contributed by atoms with Gasteiger partial charge in [0.05, 0.1) is 0 Å². The van der Waals surface area contributed by atoms with Gasteiger partial charge in [0, 0.05) is 10.1 Å². The lowest BCUT2D eigenvalue weighted by molar-refractivity contribution is 0.989. The van der Waals surface area contributed by atoms with Gasteiger partial charge in [0.1, 0.15) is 18.2 Å². The van der Waals surface area contributed by atoms with Crippen molar-refractivity contribution in [3.8, 4) is 0 Å². The first-order valence-corrected chi connectivity index (χ1v) is 4.01. The Morgan fingerprint density at radius 1 is 1.45 bits per heavy atom. The van der Waals surface area contributed by atoms with Crippen LogP contribution in [0.4, 0.5) is 0 Å². The second-order valence-corrected chi connectivity index (χ2v) is 3.27. The summed E-state index contributed by atoms with van der Waals surface area (Å²) in [7, 11) is 0. The summed E-state index contributed by atoms with van der Waals surface area (Å²) in [5.41, 5.74) is 6.60. The van der Waals surface area contributed by atoms with Gasteiger partial charge < -0.3 is 5.73 Å². The van der Waals surface area contributed by atoms with Gasteiger partial charge in [-0.05, 0) is 6.08 Å². The minimum Gasteiger partial charge on any atom is -0.383 e. The quantitative estimate of drug-likeness (QED) is 0.639. The number of nitrogens with two attached hydrogens (primary N) is 1. The molecule has 0 aromatic rings. The molecule has 2 N–H and O–H groups in total. The maximum Gasteiger partial charge on any atom is 0.130 e. The van der Waals surface area contributed by atoms with Crippen LogP contribution in [0.5, 0.6) is 0 Å². The minimum atomic E-state index is 0.0625. The Morgan fingerprint density at radius 2 is 2.27 bits per heavy atom. The number of hydrogen-bond donors (Lipinski definition) is 1. The first kappa shape index (κ1) is 6.79. The van der Waals surface area contributed by atoms with Crippen molar-refractivity contribution in [2.75, 3.05) is 0 Å². The zero-order chi connectivity index (χ0) is 7.84. The fraction of sp³-hybridized carbons (Fsp3) is 0.143. The zero-order valence-electron chi connectivity index (χ0n) is 5.66. The number of halogens is 1. The number of hydrogen-bond acceptors (Lipinski definition) is 3. The fourth-order valence-corrected chi connectivity index (χ4v) is 1.61. The van der Waals surface area contributed by atoms with E-state index in [2.05, 4.69) is 25.9 Å². The maximum atomic E-state index is 5.62. The van der Waals surface area contributed by atoms with E-state index < -0.39 is 0 Å². The Labute approximate surface area is 72.5 Å². The number of allylic oxidation sites excluding steroid dienone is 2. The van der Waals surface area contributed by atoms with Crippen LogP contribution in [0, 0.1) is 0 Å². The molecule has 0 radical (unpaired) electrons. The lowest BCUT2D eigenvalue weighted by Gasteiger charge is -2.13. The lowest BCUT2D eigenvalue weighted by atomic mass is 10.1. The Bertz CT molecular complexity index is 312. The molecular weight excluding hydrogens is 206 g/mol. The molecule has 0 fully saturated rings. The van der Waals surface area contributed by atoms with E-state index in [0.717, 1.165) is 10.1 Å². The van der Waals surface area contributed by atoms with E-state index in [-0.39, 0.29) is 6.04 Å². The van der Waals surface area contributed by atoms with E-state index in [0.29, 0.717) is 5.84 Å². The molecule has 0 aromatic heterocycles. The van der Waals surface area contributed by atoms with Crippen LogP contribution < -0.4 is 5.73 Å². The van der Waals surface area contributed by atoms with Crippen LogP contribution in [0.3, 0.4) is 0 Å². The molecule has 1 atom stereocenters. The van der Waals surface area contributed by atoms with Crippen molar-refractivity contribution in [2.24, 2.45) is 15.7 Å². The number of amidine groups is 1. The van der Waals surface area contributed by atoms with Crippen molar-refractivity contribution in [1.82, 2.24) is 0 Å². The third kappa shape index (κ3) is 0.939. The monoisotopic (exact) mass is 211 g/mol. The maximum absolute atomic E-state index is 5.62. The summed E-state index contributed by atoms with van der Waals surface area (Å²) in [4.78, 5) is 8.03. The molecule has 0 saturated carbocycles. The van der Waals surface area contributed by atoms with Crippen molar-refractivity contribution in [1.29, 1.82) is 0 Å². The molecule has 11 heavy (non-hydrogen) atoms. The highest BCUT2D eigenvalue weighted by atomic mass is 79.9. The molecule has 0 bridgehead atoms. The van der Waals surface area contributed by atoms with Gasteiger partial charge >= 0.3 is 0 Å². The lowest BCUT2D eigenvalue weighted by Crippen LogP contribution is -2.24.